The first-order valence-corrected chi connectivity index (χ1v) is 5.97. The molecule has 1 heterocycles. The third-order valence-corrected chi connectivity index (χ3v) is 2.91. The lowest BCUT2D eigenvalue weighted by Gasteiger charge is -1.95. The Morgan fingerprint density at radius 1 is 1.35 bits per heavy atom. The van der Waals surface area contributed by atoms with Crippen LogP contribution >= 0.6 is 15.9 Å². The zero-order valence-corrected chi connectivity index (χ0v) is 10.6. The lowest BCUT2D eigenvalue weighted by atomic mass is 10.2. The maximum absolute atomic E-state index is 10.5. The van der Waals surface area contributed by atoms with Gasteiger partial charge in [-0.2, -0.15) is 0 Å². The zero-order chi connectivity index (χ0) is 12.3. The van der Waals surface area contributed by atoms with Crippen molar-refractivity contribution in [1.82, 2.24) is 9.97 Å². The van der Waals surface area contributed by atoms with Crippen molar-refractivity contribution in [2.75, 3.05) is 0 Å². The summed E-state index contributed by atoms with van der Waals surface area (Å²) in [5, 5.41) is 8.61. The van der Waals surface area contributed by atoms with Crippen molar-refractivity contribution in [2.24, 2.45) is 0 Å². The Morgan fingerprint density at radius 3 is 2.71 bits per heavy atom. The van der Waals surface area contributed by atoms with Gasteiger partial charge in [-0.1, -0.05) is 30.3 Å². The number of carbonyl (C=O) groups is 1. The van der Waals surface area contributed by atoms with Crippen LogP contribution in [0.2, 0.25) is 0 Å². The van der Waals surface area contributed by atoms with E-state index in [1.807, 2.05) is 30.3 Å². The summed E-state index contributed by atoms with van der Waals surface area (Å²) >= 11 is 3.40. The Bertz CT molecular complexity index is 523. The highest BCUT2D eigenvalue weighted by atomic mass is 79.9. The topological polar surface area (TPSA) is 66.0 Å². The second kappa shape index (κ2) is 5.14. The molecular weight excluding hydrogens is 284 g/mol. The van der Waals surface area contributed by atoms with E-state index in [-0.39, 0.29) is 6.42 Å². The molecule has 0 bridgehead atoms. The predicted octanol–water partition coefficient (Wildman–Crippen LogP) is 2.86. The summed E-state index contributed by atoms with van der Waals surface area (Å²) in [6.45, 7) is 0. The minimum Gasteiger partial charge on any atom is -0.481 e. The number of halogens is 1. The fourth-order valence-electron chi connectivity index (χ4n) is 1.53. The number of nitrogens with one attached hydrogen (secondary N) is 1. The lowest BCUT2D eigenvalue weighted by molar-refractivity contribution is -0.137. The van der Waals surface area contributed by atoms with Crippen molar-refractivity contribution in [3.05, 3.63) is 40.8 Å². The van der Waals surface area contributed by atoms with Gasteiger partial charge in [-0.25, -0.2) is 4.98 Å². The van der Waals surface area contributed by atoms with E-state index in [4.69, 9.17) is 5.11 Å². The lowest BCUT2D eigenvalue weighted by Crippen LogP contribution is -1.98. The molecule has 1 aromatic carbocycles. The summed E-state index contributed by atoms with van der Waals surface area (Å²) in [4.78, 5) is 17.9. The van der Waals surface area contributed by atoms with Crippen molar-refractivity contribution in [2.45, 2.75) is 12.8 Å². The van der Waals surface area contributed by atoms with Gasteiger partial charge in [0, 0.05) is 12.0 Å². The van der Waals surface area contributed by atoms with Crippen LogP contribution in [-0.2, 0) is 11.2 Å². The van der Waals surface area contributed by atoms with E-state index in [1.54, 1.807) is 0 Å². The molecule has 0 saturated carbocycles. The Morgan fingerprint density at radius 2 is 2.06 bits per heavy atom. The standard InChI is InChI=1S/C12H11BrN2O2/c13-12-11(8-4-2-1-3-5-8)14-9(15-12)6-7-10(16)17/h1-5H,6-7H2,(H,14,15)(H,16,17). The maximum atomic E-state index is 10.5. The van der Waals surface area contributed by atoms with Crippen molar-refractivity contribution in [3.63, 3.8) is 0 Å². The first-order valence-electron chi connectivity index (χ1n) is 5.18. The molecule has 17 heavy (non-hydrogen) atoms. The van der Waals surface area contributed by atoms with Crippen LogP contribution in [0.3, 0.4) is 0 Å². The first-order chi connectivity index (χ1) is 8.16. The molecule has 0 fully saturated rings. The molecule has 0 spiro atoms. The van der Waals surface area contributed by atoms with Crippen LogP contribution in [0.25, 0.3) is 11.3 Å². The summed E-state index contributed by atoms with van der Waals surface area (Å²) < 4.78 is 0.782. The van der Waals surface area contributed by atoms with E-state index < -0.39 is 5.97 Å². The quantitative estimate of drug-likeness (QED) is 0.911. The van der Waals surface area contributed by atoms with Crippen LogP contribution in [0.4, 0.5) is 0 Å². The van der Waals surface area contributed by atoms with E-state index in [1.165, 1.54) is 0 Å². The van der Waals surface area contributed by atoms with Crippen LogP contribution in [-0.4, -0.2) is 21.0 Å². The number of aliphatic carboxylic acids is 1. The molecule has 4 nitrogen and oxygen atoms in total. The number of aryl methyl sites for hydroxylation is 1. The predicted molar refractivity (Wildman–Crippen MR) is 67.7 cm³/mol. The van der Waals surface area contributed by atoms with Crippen molar-refractivity contribution >= 4 is 21.9 Å². The highest BCUT2D eigenvalue weighted by molar-refractivity contribution is 9.10. The number of carboxylic acid groups (broad SMARTS) is 1. The number of nitrogens with zero attached hydrogens (tertiary/aromatic N) is 1. The number of aromatic amines is 1. The highest BCUT2D eigenvalue weighted by Crippen LogP contribution is 2.25. The molecule has 0 saturated heterocycles. The molecule has 1 aromatic heterocycles. The zero-order valence-electron chi connectivity index (χ0n) is 8.98. The molecule has 0 atom stereocenters. The highest BCUT2D eigenvalue weighted by Gasteiger charge is 2.10. The third-order valence-electron chi connectivity index (χ3n) is 2.33. The SMILES string of the molecule is O=C(O)CCc1nc(-c2ccccc2)c(Br)[nH]1. The van der Waals surface area contributed by atoms with E-state index in [0.29, 0.717) is 12.2 Å². The molecule has 2 rings (SSSR count). The summed E-state index contributed by atoms with van der Waals surface area (Å²) in [5.41, 5.74) is 1.81. The van der Waals surface area contributed by atoms with Crippen LogP contribution < -0.4 is 0 Å². The first kappa shape index (κ1) is 11.9. The van der Waals surface area contributed by atoms with Gasteiger partial charge in [0.25, 0.3) is 0 Å². The van der Waals surface area contributed by atoms with Gasteiger partial charge in [0.05, 0.1) is 6.42 Å². The number of H-pyrrole nitrogens is 1. The molecule has 0 unspecified atom stereocenters. The Hall–Kier alpha value is -1.62. The van der Waals surface area contributed by atoms with Gasteiger partial charge in [0.1, 0.15) is 16.1 Å². The molecule has 5 heteroatoms. The molecule has 0 aliphatic rings. The van der Waals surface area contributed by atoms with Crippen LogP contribution in [0.15, 0.2) is 34.9 Å². The molecule has 2 aromatic rings. The van der Waals surface area contributed by atoms with E-state index in [0.717, 1.165) is 15.9 Å². The average Bonchev–Trinajstić information content (AvgIpc) is 2.69. The number of imidazole rings is 1. The van der Waals surface area contributed by atoms with Crippen molar-refractivity contribution in [1.29, 1.82) is 0 Å². The minimum absolute atomic E-state index is 0.0776. The van der Waals surface area contributed by atoms with Crippen LogP contribution in [0, 0.1) is 0 Å². The Kier molecular flexibility index (Phi) is 3.58. The van der Waals surface area contributed by atoms with Gasteiger partial charge in [0.15, 0.2) is 0 Å². The fraction of sp³-hybridized carbons (Fsp3) is 0.167. The van der Waals surface area contributed by atoms with E-state index >= 15 is 0 Å². The normalized spacial score (nSPS) is 10.4. The number of aromatic nitrogens is 2. The molecule has 88 valence electrons. The number of benzene rings is 1. The number of carboxylic acids is 1. The van der Waals surface area contributed by atoms with Gasteiger partial charge in [-0.15, -0.1) is 0 Å². The average molecular weight is 295 g/mol. The van der Waals surface area contributed by atoms with Gasteiger partial charge in [-0.3, -0.25) is 4.79 Å². The van der Waals surface area contributed by atoms with Crippen molar-refractivity contribution < 1.29 is 9.90 Å². The molecule has 0 radical (unpaired) electrons. The number of rotatable bonds is 4. The molecule has 0 aliphatic heterocycles. The number of hydrogen-bond acceptors (Lipinski definition) is 2. The minimum atomic E-state index is -0.821. The van der Waals surface area contributed by atoms with E-state index in [2.05, 4.69) is 25.9 Å². The second-order valence-electron chi connectivity index (χ2n) is 3.61. The molecule has 0 aliphatic carbocycles. The maximum Gasteiger partial charge on any atom is 0.303 e. The molecule has 2 N–H and O–H groups in total. The van der Waals surface area contributed by atoms with Gasteiger partial charge in [-0.05, 0) is 15.9 Å². The summed E-state index contributed by atoms with van der Waals surface area (Å²) in [7, 11) is 0. The van der Waals surface area contributed by atoms with Crippen LogP contribution in [0.1, 0.15) is 12.2 Å². The van der Waals surface area contributed by atoms with Gasteiger partial charge in [0.2, 0.25) is 0 Å². The largest absolute Gasteiger partial charge is 0.481 e. The monoisotopic (exact) mass is 294 g/mol. The molecule has 0 amide bonds. The smallest absolute Gasteiger partial charge is 0.303 e. The van der Waals surface area contributed by atoms with E-state index in [9.17, 15) is 4.79 Å². The second-order valence-corrected chi connectivity index (χ2v) is 4.40. The van der Waals surface area contributed by atoms with Gasteiger partial charge >= 0.3 is 5.97 Å². The van der Waals surface area contributed by atoms with Crippen LogP contribution in [0.5, 0.6) is 0 Å². The fourth-order valence-corrected chi connectivity index (χ4v) is 2.08. The summed E-state index contributed by atoms with van der Waals surface area (Å²) in [6, 6.07) is 9.74. The summed E-state index contributed by atoms with van der Waals surface area (Å²) in [6.07, 6.45) is 0.481. The van der Waals surface area contributed by atoms with Crippen molar-refractivity contribution in [3.8, 4) is 11.3 Å². The molecular formula is C12H11BrN2O2. The third kappa shape index (κ3) is 2.94. The summed E-state index contributed by atoms with van der Waals surface area (Å²) in [5.74, 6) is -0.142. The number of hydrogen-bond donors (Lipinski definition) is 2. The van der Waals surface area contributed by atoms with Gasteiger partial charge < -0.3 is 10.1 Å². The Labute approximate surface area is 107 Å². The Balaban J connectivity index is 2.22.